The molecular weight excluding hydrogens is 294 g/mol. The molecule has 0 saturated carbocycles. The second-order valence-corrected chi connectivity index (χ2v) is 5.26. The Balaban J connectivity index is 1.60. The van der Waals surface area contributed by atoms with E-state index in [4.69, 9.17) is 16.0 Å². The molecule has 6 nitrogen and oxygen atoms in total. The zero-order valence-corrected chi connectivity index (χ0v) is 12.0. The van der Waals surface area contributed by atoms with E-state index in [1.165, 1.54) is 12.5 Å². The van der Waals surface area contributed by atoms with Crippen LogP contribution in [0.25, 0.3) is 0 Å². The number of hydrogen-bond acceptors (Lipinski definition) is 3. The van der Waals surface area contributed by atoms with Gasteiger partial charge in [-0.15, -0.1) is 0 Å². The van der Waals surface area contributed by atoms with Gasteiger partial charge in [0.25, 0.3) is 11.8 Å². The van der Waals surface area contributed by atoms with Crippen LogP contribution in [0.15, 0.2) is 35.3 Å². The Morgan fingerprint density at radius 1 is 1.14 bits per heavy atom. The molecular formula is C14H14ClN3O3. The van der Waals surface area contributed by atoms with Gasteiger partial charge in [0.2, 0.25) is 0 Å². The Morgan fingerprint density at radius 2 is 1.81 bits per heavy atom. The summed E-state index contributed by atoms with van der Waals surface area (Å²) in [5.74, 6) is -0.170. The van der Waals surface area contributed by atoms with E-state index in [2.05, 4.69) is 4.98 Å². The molecule has 1 saturated heterocycles. The number of H-pyrrole nitrogens is 1. The van der Waals surface area contributed by atoms with Gasteiger partial charge in [-0.25, -0.2) is 0 Å². The highest BCUT2D eigenvalue weighted by atomic mass is 35.5. The first kappa shape index (κ1) is 13.8. The Bertz CT molecular complexity index is 642. The molecule has 0 unspecified atom stereocenters. The maximum Gasteiger partial charge on any atom is 0.270 e. The minimum atomic E-state index is -0.0997. The number of nitrogens with one attached hydrogen (secondary N) is 1. The first-order chi connectivity index (χ1) is 10.1. The fourth-order valence-electron chi connectivity index (χ4n) is 2.34. The number of nitrogens with zero attached hydrogens (tertiary/aromatic N) is 2. The number of amides is 2. The van der Waals surface area contributed by atoms with Crippen LogP contribution >= 0.6 is 11.6 Å². The molecule has 1 aliphatic heterocycles. The van der Waals surface area contributed by atoms with Crippen LogP contribution in [0.3, 0.4) is 0 Å². The monoisotopic (exact) mass is 307 g/mol. The van der Waals surface area contributed by atoms with Crippen molar-refractivity contribution < 1.29 is 14.0 Å². The van der Waals surface area contributed by atoms with E-state index < -0.39 is 0 Å². The molecule has 21 heavy (non-hydrogen) atoms. The minimum absolute atomic E-state index is 0.0706. The van der Waals surface area contributed by atoms with Crippen LogP contribution < -0.4 is 0 Å². The van der Waals surface area contributed by atoms with Gasteiger partial charge in [-0.3, -0.25) is 9.59 Å². The number of rotatable bonds is 2. The zero-order valence-electron chi connectivity index (χ0n) is 11.2. The largest absolute Gasteiger partial charge is 0.472 e. The van der Waals surface area contributed by atoms with E-state index in [9.17, 15) is 9.59 Å². The number of aromatic amines is 1. The molecule has 2 aromatic rings. The average Bonchev–Trinajstić information content (AvgIpc) is 3.17. The lowest BCUT2D eigenvalue weighted by molar-refractivity contribution is 0.0532. The summed E-state index contributed by atoms with van der Waals surface area (Å²) in [7, 11) is 0. The third kappa shape index (κ3) is 2.80. The van der Waals surface area contributed by atoms with E-state index in [0.717, 1.165) is 0 Å². The topological polar surface area (TPSA) is 69.6 Å². The number of hydrogen-bond donors (Lipinski definition) is 1. The van der Waals surface area contributed by atoms with Crippen molar-refractivity contribution in [1.82, 2.24) is 14.8 Å². The van der Waals surface area contributed by atoms with Crippen LogP contribution in [-0.2, 0) is 0 Å². The highest BCUT2D eigenvalue weighted by Gasteiger charge is 2.26. The van der Waals surface area contributed by atoms with Crippen LogP contribution in [0.5, 0.6) is 0 Å². The van der Waals surface area contributed by atoms with Crippen LogP contribution in [0.1, 0.15) is 20.8 Å². The minimum Gasteiger partial charge on any atom is -0.472 e. The predicted molar refractivity (Wildman–Crippen MR) is 76.3 cm³/mol. The van der Waals surface area contributed by atoms with Gasteiger partial charge in [0.05, 0.1) is 16.8 Å². The maximum atomic E-state index is 12.2. The summed E-state index contributed by atoms with van der Waals surface area (Å²) in [6, 6.07) is 3.24. The molecule has 0 radical (unpaired) electrons. The number of carbonyl (C=O) groups excluding carboxylic acids is 2. The molecule has 0 atom stereocenters. The number of piperazine rings is 1. The van der Waals surface area contributed by atoms with Crippen LogP contribution in [-0.4, -0.2) is 52.8 Å². The highest BCUT2D eigenvalue weighted by molar-refractivity contribution is 6.30. The third-order valence-corrected chi connectivity index (χ3v) is 3.72. The van der Waals surface area contributed by atoms with Crippen molar-refractivity contribution in [2.45, 2.75) is 0 Å². The third-order valence-electron chi connectivity index (χ3n) is 3.50. The Kier molecular flexibility index (Phi) is 3.70. The molecule has 1 fully saturated rings. The molecule has 1 N–H and O–H groups in total. The number of halogens is 1. The normalized spacial score (nSPS) is 15.3. The number of carbonyl (C=O) groups is 2. The van der Waals surface area contributed by atoms with E-state index in [0.29, 0.717) is 42.5 Å². The van der Waals surface area contributed by atoms with Crippen molar-refractivity contribution in [1.29, 1.82) is 0 Å². The molecule has 2 aromatic heterocycles. The summed E-state index contributed by atoms with van der Waals surface area (Å²) in [5.41, 5.74) is 1.00. The first-order valence-electron chi connectivity index (χ1n) is 6.60. The van der Waals surface area contributed by atoms with Crippen molar-refractivity contribution in [3.8, 4) is 0 Å². The van der Waals surface area contributed by atoms with E-state index in [1.807, 2.05) is 0 Å². The second kappa shape index (κ2) is 5.65. The summed E-state index contributed by atoms with van der Waals surface area (Å²) >= 11 is 5.80. The highest BCUT2D eigenvalue weighted by Crippen LogP contribution is 2.14. The molecule has 0 spiro atoms. The smallest absolute Gasteiger partial charge is 0.270 e. The lowest BCUT2D eigenvalue weighted by Gasteiger charge is -2.34. The summed E-state index contributed by atoms with van der Waals surface area (Å²) in [6.07, 6.45) is 4.48. The summed E-state index contributed by atoms with van der Waals surface area (Å²) in [4.78, 5) is 30.7. The fraction of sp³-hybridized carbons (Fsp3) is 0.286. The quantitative estimate of drug-likeness (QED) is 0.920. The van der Waals surface area contributed by atoms with Crippen LogP contribution in [0.2, 0.25) is 5.02 Å². The molecule has 0 aliphatic carbocycles. The predicted octanol–water partition coefficient (Wildman–Crippen LogP) is 1.86. The molecule has 0 aromatic carbocycles. The zero-order chi connectivity index (χ0) is 14.8. The molecule has 1 aliphatic rings. The Hall–Kier alpha value is -2.21. The number of furan rings is 1. The van der Waals surface area contributed by atoms with Gasteiger partial charge in [0.1, 0.15) is 12.0 Å². The summed E-state index contributed by atoms with van der Waals surface area (Å²) in [6.45, 7) is 2.01. The molecule has 3 rings (SSSR count). The Labute approximate surface area is 126 Å². The van der Waals surface area contributed by atoms with Gasteiger partial charge in [0.15, 0.2) is 0 Å². The van der Waals surface area contributed by atoms with Gasteiger partial charge in [-0.2, -0.15) is 0 Å². The van der Waals surface area contributed by atoms with Crippen molar-refractivity contribution in [3.05, 3.63) is 47.1 Å². The maximum absolute atomic E-state index is 12.2. The van der Waals surface area contributed by atoms with Gasteiger partial charge in [-0.1, -0.05) is 11.6 Å². The lowest BCUT2D eigenvalue weighted by atomic mass is 10.2. The van der Waals surface area contributed by atoms with E-state index in [1.54, 1.807) is 28.1 Å². The SMILES string of the molecule is O=C(c1ccoc1)N1CCN(C(=O)c2cc(Cl)c[nH]2)CC1. The van der Waals surface area contributed by atoms with Gasteiger partial charge < -0.3 is 19.2 Å². The lowest BCUT2D eigenvalue weighted by Crippen LogP contribution is -2.50. The summed E-state index contributed by atoms with van der Waals surface area (Å²) < 4.78 is 4.92. The van der Waals surface area contributed by atoms with E-state index >= 15 is 0 Å². The number of aromatic nitrogens is 1. The summed E-state index contributed by atoms with van der Waals surface area (Å²) in [5, 5.41) is 0.507. The van der Waals surface area contributed by atoms with Gasteiger partial charge in [0, 0.05) is 32.4 Å². The van der Waals surface area contributed by atoms with Gasteiger partial charge in [-0.05, 0) is 12.1 Å². The van der Waals surface area contributed by atoms with Crippen molar-refractivity contribution in [2.75, 3.05) is 26.2 Å². The first-order valence-corrected chi connectivity index (χ1v) is 6.97. The molecule has 2 amide bonds. The molecule has 7 heteroatoms. The second-order valence-electron chi connectivity index (χ2n) is 4.83. The average molecular weight is 308 g/mol. The van der Waals surface area contributed by atoms with Crippen molar-refractivity contribution in [3.63, 3.8) is 0 Å². The van der Waals surface area contributed by atoms with Gasteiger partial charge >= 0.3 is 0 Å². The Morgan fingerprint density at radius 3 is 2.33 bits per heavy atom. The van der Waals surface area contributed by atoms with Crippen molar-refractivity contribution >= 4 is 23.4 Å². The standard InChI is InChI=1S/C14H14ClN3O3/c15-11-7-12(16-8-11)14(20)18-4-2-17(3-5-18)13(19)10-1-6-21-9-10/h1,6-9,16H,2-5H2. The fourth-order valence-corrected chi connectivity index (χ4v) is 2.51. The van der Waals surface area contributed by atoms with Crippen molar-refractivity contribution in [2.24, 2.45) is 0 Å². The molecule has 110 valence electrons. The van der Waals surface area contributed by atoms with E-state index in [-0.39, 0.29) is 11.8 Å². The van der Waals surface area contributed by atoms with Crippen LogP contribution in [0, 0.1) is 0 Å². The molecule has 3 heterocycles. The molecule has 0 bridgehead atoms. The van der Waals surface area contributed by atoms with Crippen LogP contribution in [0.4, 0.5) is 0 Å².